The monoisotopic (exact) mass is 335 g/mol. The molecule has 0 aliphatic heterocycles. The van der Waals surface area contributed by atoms with Crippen molar-refractivity contribution in [2.24, 2.45) is 7.05 Å². The average Bonchev–Trinajstić information content (AvgIpc) is 2.73. The Morgan fingerprint density at radius 3 is 2.23 bits per heavy atom. The quantitative estimate of drug-likeness (QED) is 0.507. The van der Waals surface area contributed by atoms with Crippen LogP contribution >= 0.6 is 11.3 Å². The van der Waals surface area contributed by atoms with E-state index in [1.807, 2.05) is 11.3 Å². The second-order valence-electron chi connectivity index (χ2n) is 4.93. The summed E-state index contributed by atoms with van der Waals surface area (Å²) in [7, 11) is -1.80. The van der Waals surface area contributed by atoms with Crippen molar-refractivity contribution in [1.82, 2.24) is 0 Å². The number of nitrogens with zero attached hydrogens (tertiary/aromatic N) is 1. The second-order valence-corrected chi connectivity index (χ2v) is 7.58. The predicted molar refractivity (Wildman–Crippen MR) is 88.8 cm³/mol. The van der Waals surface area contributed by atoms with E-state index in [2.05, 4.69) is 67.1 Å². The lowest BCUT2D eigenvalue weighted by Gasteiger charge is -1.99. The van der Waals surface area contributed by atoms with Crippen LogP contribution < -0.4 is 4.57 Å². The molecule has 0 radical (unpaired) electrons. The molecule has 3 rings (SSSR count). The smallest absolute Gasteiger partial charge is 0.234 e. The summed E-state index contributed by atoms with van der Waals surface area (Å²) in [6.07, 6.45) is 0.604. The van der Waals surface area contributed by atoms with Gasteiger partial charge in [-0.25, -0.2) is 8.42 Å². The number of fused-ring (bicyclic) bond motifs is 1. The molecule has 0 N–H and O–H groups in total. The fraction of sp³-hybridized carbons (Fsp3) is 0.188. The summed E-state index contributed by atoms with van der Waals surface area (Å²) in [6, 6.07) is 17.2. The highest BCUT2D eigenvalue weighted by molar-refractivity contribution is 7.84. The van der Waals surface area contributed by atoms with Crippen LogP contribution in [0.15, 0.2) is 48.5 Å². The molecule has 0 bridgehead atoms. The molecular formula is C16H17NO3S2. The maximum absolute atomic E-state index is 9.08. The van der Waals surface area contributed by atoms with E-state index in [4.69, 9.17) is 13.0 Å². The Hall–Kier alpha value is -1.76. The Morgan fingerprint density at radius 1 is 1.05 bits per heavy atom. The molecule has 1 aromatic heterocycles. The molecule has 22 heavy (non-hydrogen) atoms. The van der Waals surface area contributed by atoms with Gasteiger partial charge in [-0.1, -0.05) is 41.7 Å². The van der Waals surface area contributed by atoms with Gasteiger partial charge in [-0.3, -0.25) is 0 Å². The van der Waals surface area contributed by atoms with E-state index < -0.39 is 10.1 Å². The van der Waals surface area contributed by atoms with Crippen molar-refractivity contribution >= 4 is 31.7 Å². The molecular weight excluding hydrogens is 318 g/mol. The standard InChI is InChI=1S/C15H14NS.CH4O3S/c1-11-16(2)14-9-8-13(10-15(14)17-11)12-6-4-3-5-7-12;1-5(2,3)4/h3-10H,1-2H3;1H3,(H,2,3,4)/q+1;/p-1. The second kappa shape index (κ2) is 6.56. The van der Waals surface area contributed by atoms with Gasteiger partial charge in [-0.15, -0.1) is 0 Å². The third-order valence-electron chi connectivity index (χ3n) is 3.16. The Balaban J connectivity index is 0.000000309. The predicted octanol–water partition coefficient (Wildman–Crippen LogP) is 2.86. The van der Waals surface area contributed by atoms with Crippen LogP contribution in [0.25, 0.3) is 21.3 Å². The number of aryl methyl sites for hydroxylation is 2. The number of thiazole rings is 1. The summed E-state index contributed by atoms with van der Waals surface area (Å²) in [4.78, 5) is 0. The first-order chi connectivity index (χ1) is 10.3. The molecule has 116 valence electrons. The van der Waals surface area contributed by atoms with E-state index in [-0.39, 0.29) is 0 Å². The van der Waals surface area contributed by atoms with Gasteiger partial charge in [-0.2, -0.15) is 4.57 Å². The van der Waals surface area contributed by atoms with Gasteiger partial charge >= 0.3 is 0 Å². The van der Waals surface area contributed by atoms with Gasteiger partial charge < -0.3 is 4.55 Å². The molecule has 0 aliphatic carbocycles. The Labute approximate surface area is 134 Å². The first kappa shape index (κ1) is 16.6. The zero-order valence-electron chi connectivity index (χ0n) is 12.6. The lowest BCUT2D eigenvalue weighted by molar-refractivity contribution is -0.646. The van der Waals surface area contributed by atoms with Crippen LogP contribution in [0.1, 0.15) is 5.01 Å². The number of aromatic nitrogens is 1. The third kappa shape index (κ3) is 4.37. The van der Waals surface area contributed by atoms with Crippen LogP contribution in [0, 0.1) is 6.92 Å². The number of hydrogen-bond acceptors (Lipinski definition) is 4. The van der Waals surface area contributed by atoms with Crippen LogP contribution in [0.4, 0.5) is 0 Å². The van der Waals surface area contributed by atoms with E-state index >= 15 is 0 Å². The zero-order valence-corrected chi connectivity index (χ0v) is 14.2. The van der Waals surface area contributed by atoms with Crippen molar-refractivity contribution in [2.75, 3.05) is 6.26 Å². The van der Waals surface area contributed by atoms with E-state index in [0.29, 0.717) is 6.26 Å². The van der Waals surface area contributed by atoms with Crippen LogP contribution in [0.2, 0.25) is 0 Å². The van der Waals surface area contributed by atoms with Crippen molar-refractivity contribution in [3.05, 3.63) is 53.5 Å². The van der Waals surface area contributed by atoms with Crippen molar-refractivity contribution in [1.29, 1.82) is 0 Å². The Bertz CT molecular complexity index is 876. The maximum Gasteiger partial charge on any atom is 0.234 e. The first-order valence-electron chi connectivity index (χ1n) is 6.61. The zero-order chi connectivity index (χ0) is 16.3. The molecule has 0 saturated carbocycles. The van der Waals surface area contributed by atoms with Gasteiger partial charge in [0.25, 0.3) is 0 Å². The number of benzene rings is 2. The lowest BCUT2D eigenvalue weighted by Crippen LogP contribution is -2.28. The molecule has 0 atom stereocenters. The summed E-state index contributed by atoms with van der Waals surface area (Å²) in [5.74, 6) is 0. The summed E-state index contributed by atoms with van der Waals surface area (Å²) < 4.78 is 30.8. The highest BCUT2D eigenvalue weighted by atomic mass is 32.2. The molecule has 0 aliphatic rings. The van der Waals surface area contributed by atoms with Crippen LogP contribution in [0.5, 0.6) is 0 Å². The van der Waals surface area contributed by atoms with Gasteiger partial charge in [0.1, 0.15) is 11.7 Å². The SMILES string of the molecule is CS(=O)(=O)[O-].Cc1sc2cc(-c3ccccc3)ccc2[n+]1C. The normalized spacial score (nSPS) is 11.1. The minimum atomic E-state index is -3.92. The van der Waals surface area contributed by atoms with E-state index in [9.17, 15) is 0 Å². The largest absolute Gasteiger partial charge is 0.748 e. The van der Waals surface area contributed by atoms with Gasteiger partial charge in [0.05, 0.1) is 10.1 Å². The summed E-state index contributed by atoms with van der Waals surface area (Å²) in [5, 5.41) is 1.34. The van der Waals surface area contributed by atoms with Gasteiger partial charge in [-0.05, 0) is 23.3 Å². The van der Waals surface area contributed by atoms with Gasteiger partial charge in [0, 0.05) is 19.2 Å². The summed E-state index contributed by atoms with van der Waals surface area (Å²) in [5.41, 5.74) is 3.88. The number of hydrogen-bond donors (Lipinski definition) is 0. The summed E-state index contributed by atoms with van der Waals surface area (Å²) >= 11 is 1.85. The molecule has 0 fully saturated rings. The van der Waals surface area contributed by atoms with Crippen molar-refractivity contribution in [3.8, 4) is 11.1 Å². The lowest BCUT2D eigenvalue weighted by atomic mass is 10.1. The van der Waals surface area contributed by atoms with E-state index in [1.54, 1.807) is 0 Å². The van der Waals surface area contributed by atoms with Crippen LogP contribution in [0.3, 0.4) is 0 Å². The van der Waals surface area contributed by atoms with E-state index in [1.165, 1.54) is 26.4 Å². The molecule has 4 nitrogen and oxygen atoms in total. The maximum atomic E-state index is 9.08. The topological polar surface area (TPSA) is 61.1 Å². The third-order valence-corrected chi connectivity index (χ3v) is 4.27. The Kier molecular flexibility index (Phi) is 4.95. The molecule has 1 heterocycles. The average molecular weight is 335 g/mol. The van der Waals surface area contributed by atoms with Crippen molar-refractivity contribution in [2.45, 2.75) is 6.92 Å². The van der Waals surface area contributed by atoms with Crippen molar-refractivity contribution < 1.29 is 17.5 Å². The fourth-order valence-corrected chi connectivity index (χ4v) is 3.13. The highest BCUT2D eigenvalue weighted by Gasteiger charge is 2.13. The minimum Gasteiger partial charge on any atom is -0.748 e. The Morgan fingerprint density at radius 2 is 1.64 bits per heavy atom. The van der Waals surface area contributed by atoms with Crippen LogP contribution in [-0.2, 0) is 17.2 Å². The first-order valence-corrected chi connectivity index (χ1v) is 9.24. The molecule has 3 aromatic rings. The molecule has 0 saturated heterocycles. The van der Waals surface area contributed by atoms with Crippen molar-refractivity contribution in [3.63, 3.8) is 0 Å². The molecule has 0 unspecified atom stereocenters. The minimum absolute atomic E-state index is 0.604. The molecule has 0 amide bonds. The highest BCUT2D eigenvalue weighted by Crippen LogP contribution is 2.26. The summed E-state index contributed by atoms with van der Waals surface area (Å²) in [6.45, 7) is 2.16. The molecule has 2 aromatic carbocycles. The fourth-order valence-electron chi connectivity index (χ4n) is 2.08. The van der Waals surface area contributed by atoms with Gasteiger partial charge in [0.2, 0.25) is 10.5 Å². The molecule has 0 spiro atoms. The van der Waals surface area contributed by atoms with Crippen LogP contribution in [-0.4, -0.2) is 19.2 Å². The van der Waals surface area contributed by atoms with Gasteiger partial charge in [0.15, 0.2) is 0 Å². The van der Waals surface area contributed by atoms with E-state index in [0.717, 1.165) is 0 Å². The number of rotatable bonds is 1. The molecule has 6 heteroatoms.